The first-order valence-electron chi connectivity index (χ1n) is 12.1. The minimum atomic E-state index is -3.78. The van der Waals surface area contributed by atoms with E-state index >= 15 is 4.39 Å². The van der Waals surface area contributed by atoms with Crippen LogP contribution in [0.3, 0.4) is 0 Å². The maximum absolute atomic E-state index is 15.6. The zero-order chi connectivity index (χ0) is 27.0. The van der Waals surface area contributed by atoms with Gasteiger partial charge in [-0.3, -0.25) is 0 Å². The van der Waals surface area contributed by atoms with Crippen LogP contribution in [-0.2, 0) is 21.0 Å². The van der Waals surface area contributed by atoms with Gasteiger partial charge in [0.15, 0.2) is 20.7 Å². The maximum Gasteiger partial charge on any atom is 0.410 e. The number of aromatic nitrogens is 2. The van der Waals surface area contributed by atoms with Crippen molar-refractivity contribution in [3.8, 4) is 6.07 Å². The Balaban J connectivity index is 1.74. The number of nitrogens with zero attached hydrogens (tertiary/aromatic N) is 4. The number of halogens is 2. The molecule has 0 unspecified atom stereocenters. The van der Waals surface area contributed by atoms with Crippen LogP contribution in [0.5, 0.6) is 0 Å². The van der Waals surface area contributed by atoms with Crippen molar-refractivity contribution in [3.63, 3.8) is 0 Å². The van der Waals surface area contributed by atoms with E-state index in [4.69, 9.17) is 10.00 Å². The van der Waals surface area contributed by atoms with Gasteiger partial charge < -0.3 is 14.2 Å². The summed E-state index contributed by atoms with van der Waals surface area (Å²) >= 11 is 3.29. The highest BCUT2D eigenvalue weighted by molar-refractivity contribution is 9.10. The Morgan fingerprint density at radius 2 is 2.03 bits per heavy atom. The van der Waals surface area contributed by atoms with Gasteiger partial charge in [0.2, 0.25) is 0 Å². The topological polar surface area (TPSA) is 105 Å². The molecule has 0 N–H and O–H groups in total. The van der Waals surface area contributed by atoms with Crippen molar-refractivity contribution >= 4 is 53.7 Å². The third-order valence-corrected chi connectivity index (χ3v) is 9.09. The van der Waals surface area contributed by atoms with Crippen LogP contribution in [0, 0.1) is 30.0 Å². The SMILES string of the molecule is Cc1cc2c(S(C)(=O)=O)nc3c(F)c(Br)c(CCC#N)cc3c2n1[C@H]1[C@@H]2C[C@H]1N(C(=O)OC(C)(C)C)C2. The molecule has 2 aromatic heterocycles. The third kappa shape index (κ3) is 4.18. The van der Waals surface area contributed by atoms with Crippen LogP contribution in [-0.4, -0.2) is 53.4 Å². The van der Waals surface area contributed by atoms with Crippen LogP contribution < -0.4 is 0 Å². The fourth-order valence-electron chi connectivity index (χ4n) is 5.75. The van der Waals surface area contributed by atoms with E-state index in [-0.39, 0.29) is 45.5 Å². The van der Waals surface area contributed by atoms with E-state index < -0.39 is 21.3 Å². The van der Waals surface area contributed by atoms with Gasteiger partial charge in [-0.25, -0.2) is 22.6 Å². The highest BCUT2D eigenvalue weighted by Crippen LogP contribution is 2.52. The average molecular weight is 592 g/mol. The molecule has 1 saturated carbocycles. The highest BCUT2D eigenvalue weighted by Gasteiger charge is 2.56. The predicted molar refractivity (Wildman–Crippen MR) is 141 cm³/mol. The van der Waals surface area contributed by atoms with E-state index in [1.807, 2.05) is 27.7 Å². The molecule has 0 radical (unpaired) electrons. The van der Waals surface area contributed by atoms with Crippen molar-refractivity contribution in [2.24, 2.45) is 5.92 Å². The lowest BCUT2D eigenvalue weighted by Crippen LogP contribution is -2.44. The van der Waals surface area contributed by atoms with Gasteiger partial charge in [-0.15, -0.1) is 0 Å². The van der Waals surface area contributed by atoms with Crippen LogP contribution in [0.2, 0.25) is 0 Å². The number of benzene rings is 1. The molecule has 3 aliphatic rings. The molecule has 1 aliphatic carbocycles. The van der Waals surface area contributed by atoms with E-state index in [1.165, 1.54) is 0 Å². The fourth-order valence-corrected chi connectivity index (χ4v) is 7.07. The summed E-state index contributed by atoms with van der Waals surface area (Å²) in [5.41, 5.74) is 1.34. The van der Waals surface area contributed by atoms with E-state index in [1.54, 1.807) is 17.0 Å². The molecule has 3 atom stereocenters. The summed E-state index contributed by atoms with van der Waals surface area (Å²) in [6, 6.07) is 5.45. The summed E-state index contributed by atoms with van der Waals surface area (Å²) in [6.45, 7) is 7.91. The first-order chi connectivity index (χ1) is 17.2. The number of hydrogen-bond donors (Lipinski definition) is 0. The lowest BCUT2D eigenvalue weighted by atomic mass is 9.79. The smallest absolute Gasteiger partial charge is 0.410 e. The number of sulfone groups is 1. The summed E-state index contributed by atoms with van der Waals surface area (Å²) in [6.07, 6.45) is 2.06. The van der Waals surface area contributed by atoms with Crippen molar-refractivity contribution in [3.05, 3.63) is 33.7 Å². The molecule has 2 aliphatic heterocycles. The monoisotopic (exact) mass is 590 g/mol. The molecule has 4 heterocycles. The molecular weight excluding hydrogens is 563 g/mol. The molecule has 2 saturated heterocycles. The van der Waals surface area contributed by atoms with Crippen molar-refractivity contribution in [2.45, 2.75) is 69.7 Å². The number of nitriles is 1. The minimum absolute atomic E-state index is 0.0458. The van der Waals surface area contributed by atoms with Gasteiger partial charge in [0.1, 0.15) is 11.1 Å². The third-order valence-electron chi connectivity index (χ3n) is 7.22. The molecular formula is C26H28BrFN4O4S. The number of hydrogen-bond acceptors (Lipinski definition) is 6. The van der Waals surface area contributed by atoms with Crippen molar-refractivity contribution in [1.29, 1.82) is 5.26 Å². The minimum Gasteiger partial charge on any atom is -0.444 e. The van der Waals surface area contributed by atoms with Crippen LogP contribution in [0.4, 0.5) is 9.18 Å². The van der Waals surface area contributed by atoms with Gasteiger partial charge in [-0.2, -0.15) is 5.26 Å². The van der Waals surface area contributed by atoms with Crippen LogP contribution in [0.15, 0.2) is 21.6 Å². The lowest BCUT2D eigenvalue weighted by Gasteiger charge is -2.39. The summed E-state index contributed by atoms with van der Waals surface area (Å²) in [7, 11) is -3.78. The van der Waals surface area contributed by atoms with Crippen LogP contribution >= 0.6 is 15.9 Å². The Labute approximate surface area is 223 Å². The number of fused-ring (bicyclic) bond motifs is 4. The van der Waals surface area contributed by atoms with Crippen molar-refractivity contribution in [1.82, 2.24) is 14.5 Å². The molecule has 2 bridgehead atoms. The summed E-state index contributed by atoms with van der Waals surface area (Å²) in [5.74, 6) is -0.496. The van der Waals surface area contributed by atoms with Crippen molar-refractivity contribution in [2.75, 3.05) is 12.8 Å². The Bertz CT molecular complexity index is 1620. The summed E-state index contributed by atoms with van der Waals surface area (Å²) in [5, 5.41) is 9.81. The molecule has 6 rings (SSSR count). The maximum atomic E-state index is 15.6. The Hall–Kier alpha value is -2.71. The molecule has 8 nitrogen and oxygen atoms in total. The van der Waals surface area contributed by atoms with E-state index in [9.17, 15) is 13.2 Å². The average Bonchev–Trinajstić information content (AvgIpc) is 3.46. The Morgan fingerprint density at radius 3 is 2.65 bits per heavy atom. The van der Waals surface area contributed by atoms with Gasteiger partial charge in [0, 0.05) is 41.6 Å². The lowest BCUT2D eigenvalue weighted by molar-refractivity contribution is 0.0210. The van der Waals surface area contributed by atoms with E-state index in [2.05, 4.69) is 31.6 Å². The zero-order valence-electron chi connectivity index (χ0n) is 21.3. The normalized spacial score (nSPS) is 21.4. The number of rotatable bonds is 4. The van der Waals surface area contributed by atoms with Gasteiger partial charge in [-0.1, -0.05) is 0 Å². The number of pyridine rings is 1. The molecule has 11 heteroatoms. The Kier molecular flexibility index (Phi) is 6.07. The second-order valence-corrected chi connectivity index (χ2v) is 13.7. The van der Waals surface area contributed by atoms with E-state index in [0.717, 1.165) is 18.4 Å². The fraction of sp³-hybridized carbons (Fsp3) is 0.500. The van der Waals surface area contributed by atoms with Gasteiger partial charge in [0.25, 0.3) is 0 Å². The molecule has 37 heavy (non-hydrogen) atoms. The second-order valence-electron chi connectivity index (χ2n) is 11.0. The van der Waals surface area contributed by atoms with Gasteiger partial charge in [-0.05, 0) is 74.2 Å². The summed E-state index contributed by atoms with van der Waals surface area (Å²) in [4.78, 5) is 19.0. The number of ether oxygens (including phenoxy) is 1. The standard InChI is InChI=1S/C26H28BrFN4O4S/c1-13-9-17-23(32(13)22-15-11-18(22)31(12-15)25(33)36-26(2,3)4)16-10-14(7-6-8-29)19(27)20(28)21(16)30-24(17)37(5,34)35/h9-10,15,18,22H,6-7,11-12H2,1-5H3/t15-,18-,22+/m1/s1. The predicted octanol–water partition coefficient (Wildman–Crippen LogP) is 5.44. The van der Waals surface area contributed by atoms with Crippen LogP contribution in [0.1, 0.15) is 50.9 Å². The van der Waals surface area contributed by atoms with Gasteiger partial charge in [0.05, 0.1) is 28.1 Å². The highest BCUT2D eigenvalue weighted by atomic mass is 79.9. The number of carbonyl (C=O) groups is 1. The molecule has 1 aromatic carbocycles. The zero-order valence-corrected chi connectivity index (χ0v) is 23.7. The molecule has 196 valence electrons. The molecule has 3 aromatic rings. The number of amides is 1. The summed E-state index contributed by atoms with van der Waals surface area (Å²) < 4.78 is 49.0. The number of carbonyl (C=O) groups excluding carboxylic acids is 1. The number of aryl methyl sites for hydroxylation is 2. The first-order valence-corrected chi connectivity index (χ1v) is 14.8. The molecule has 1 amide bonds. The molecule has 0 spiro atoms. The van der Waals surface area contributed by atoms with E-state index in [0.29, 0.717) is 34.8 Å². The van der Waals surface area contributed by atoms with Crippen molar-refractivity contribution < 1.29 is 22.3 Å². The quantitative estimate of drug-likeness (QED) is 0.400. The largest absolute Gasteiger partial charge is 0.444 e. The Morgan fingerprint density at radius 1 is 1.32 bits per heavy atom. The van der Waals surface area contributed by atoms with Gasteiger partial charge >= 0.3 is 6.09 Å². The first kappa shape index (κ1) is 25.9. The second kappa shape index (κ2) is 8.67. The molecule has 3 fully saturated rings. The van der Waals surface area contributed by atoms with Crippen LogP contribution in [0.25, 0.3) is 21.8 Å².